The number of hydrogen-bond donors (Lipinski definition) is 1. The van der Waals surface area contributed by atoms with Gasteiger partial charge in [-0.3, -0.25) is 10.1 Å². The second kappa shape index (κ2) is 7.09. The summed E-state index contributed by atoms with van der Waals surface area (Å²) in [7, 11) is 2.08. The standard InChI is InChI=1S/C14H23N3O2/c1-11(2)16(4)9-5-8-15-13-7-6-12(3)10-14(13)17(18)19/h6-7,10-11,15H,5,8-9H2,1-4H3. The molecule has 0 bridgehead atoms. The van der Waals surface area contributed by atoms with Gasteiger partial charge in [-0.25, -0.2) is 0 Å². The zero-order valence-corrected chi connectivity index (χ0v) is 12.1. The average molecular weight is 265 g/mol. The van der Waals surface area contributed by atoms with Crippen molar-refractivity contribution in [3.8, 4) is 0 Å². The Bertz CT molecular complexity index is 433. The van der Waals surface area contributed by atoms with Gasteiger partial charge in [-0.1, -0.05) is 6.07 Å². The summed E-state index contributed by atoms with van der Waals surface area (Å²) in [5.74, 6) is 0. The Kier molecular flexibility index (Phi) is 5.76. The molecule has 0 fully saturated rings. The van der Waals surface area contributed by atoms with E-state index >= 15 is 0 Å². The van der Waals surface area contributed by atoms with Gasteiger partial charge in [-0.15, -0.1) is 0 Å². The van der Waals surface area contributed by atoms with Gasteiger partial charge in [0, 0.05) is 18.7 Å². The minimum Gasteiger partial charge on any atom is -0.379 e. The summed E-state index contributed by atoms with van der Waals surface area (Å²) in [6, 6.07) is 5.78. The van der Waals surface area contributed by atoms with E-state index in [1.54, 1.807) is 12.1 Å². The van der Waals surface area contributed by atoms with E-state index in [1.807, 2.05) is 13.0 Å². The van der Waals surface area contributed by atoms with Crippen LogP contribution in [0, 0.1) is 17.0 Å². The van der Waals surface area contributed by atoms with Crippen molar-refractivity contribution < 1.29 is 4.92 Å². The van der Waals surface area contributed by atoms with Crippen molar-refractivity contribution in [2.45, 2.75) is 33.2 Å². The molecule has 1 aromatic rings. The summed E-state index contributed by atoms with van der Waals surface area (Å²) in [5.41, 5.74) is 1.65. The molecule has 1 rings (SSSR count). The molecule has 0 heterocycles. The number of nitro groups is 1. The maximum Gasteiger partial charge on any atom is 0.292 e. The molecule has 0 spiro atoms. The third-order valence-electron chi connectivity index (χ3n) is 3.23. The fourth-order valence-electron chi connectivity index (χ4n) is 1.75. The van der Waals surface area contributed by atoms with E-state index in [0.717, 1.165) is 25.1 Å². The van der Waals surface area contributed by atoms with E-state index in [1.165, 1.54) is 0 Å². The first kappa shape index (κ1) is 15.4. The molecule has 0 saturated carbocycles. The molecule has 0 amide bonds. The number of aryl methyl sites for hydroxylation is 1. The van der Waals surface area contributed by atoms with Gasteiger partial charge >= 0.3 is 0 Å². The number of nitro benzene ring substituents is 1. The van der Waals surface area contributed by atoms with Crippen molar-refractivity contribution in [3.63, 3.8) is 0 Å². The third-order valence-corrected chi connectivity index (χ3v) is 3.23. The van der Waals surface area contributed by atoms with E-state index in [0.29, 0.717) is 11.7 Å². The molecule has 0 atom stereocenters. The number of benzene rings is 1. The average Bonchev–Trinajstić information content (AvgIpc) is 2.35. The molecule has 1 N–H and O–H groups in total. The summed E-state index contributed by atoms with van der Waals surface area (Å²) in [4.78, 5) is 12.9. The van der Waals surface area contributed by atoms with Gasteiger partial charge in [0.1, 0.15) is 5.69 Å². The lowest BCUT2D eigenvalue weighted by molar-refractivity contribution is -0.384. The maximum atomic E-state index is 11.0. The first-order valence-electron chi connectivity index (χ1n) is 6.61. The van der Waals surface area contributed by atoms with Crippen LogP contribution in [0.4, 0.5) is 11.4 Å². The molecule has 5 heteroatoms. The van der Waals surface area contributed by atoms with E-state index in [9.17, 15) is 10.1 Å². The van der Waals surface area contributed by atoms with Crippen molar-refractivity contribution in [3.05, 3.63) is 33.9 Å². The molecule has 5 nitrogen and oxygen atoms in total. The number of rotatable bonds is 7. The molecule has 0 unspecified atom stereocenters. The second-order valence-corrected chi connectivity index (χ2v) is 5.13. The largest absolute Gasteiger partial charge is 0.379 e. The zero-order valence-electron chi connectivity index (χ0n) is 12.1. The van der Waals surface area contributed by atoms with Gasteiger partial charge in [-0.2, -0.15) is 0 Å². The molecular formula is C14H23N3O2. The first-order chi connectivity index (χ1) is 8.91. The van der Waals surface area contributed by atoms with Crippen molar-refractivity contribution >= 4 is 11.4 Å². The maximum absolute atomic E-state index is 11.0. The lowest BCUT2D eigenvalue weighted by Gasteiger charge is -2.20. The first-order valence-corrected chi connectivity index (χ1v) is 6.61. The molecule has 0 aliphatic rings. The van der Waals surface area contributed by atoms with Crippen LogP contribution in [-0.4, -0.2) is 36.0 Å². The number of hydrogen-bond acceptors (Lipinski definition) is 4. The van der Waals surface area contributed by atoms with Gasteiger partial charge in [-0.05, 0) is 52.4 Å². The Morgan fingerprint density at radius 3 is 2.68 bits per heavy atom. The van der Waals surface area contributed by atoms with Gasteiger partial charge < -0.3 is 10.2 Å². The summed E-state index contributed by atoms with van der Waals surface area (Å²) in [6.07, 6.45) is 0.958. The van der Waals surface area contributed by atoms with Crippen LogP contribution in [0.5, 0.6) is 0 Å². The van der Waals surface area contributed by atoms with Crippen molar-refractivity contribution in [2.75, 3.05) is 25.5 Å². The predicted molar refractivity (Wildman–Crippen MR) is 78.7 cm³/mol. The normalized spacial score (nSPS) is 11.1. The van der Waals surface area contributed by atoms with E-state index < -0.39 is 0 Å². The fourth-order valence-corrected chi connectivity index (χ4v) is 1.75. The van der Waals surface area contributed by atoms with Crippen molar-refractivity contribution in [2.24, 2.45) is 0 Å². The molecule has 0 radical (unpaired) electrons. The second-order valence-electron chi connectivity index (χ2n) is 5.13. The van der Waals surface area contributed by atoms with Gasteiger partial charge in [0.25, 0.3) is 5.69 Å². The number of anilines is 1. The minimum absolute atomic E-state index is 0.150. The Labute approximate surface area is 114 Å². The minimum atomic E-state index is -0.338. The van der Waals surface area contributed by atoms with Crippen LogP contribution < -0.4 is 5.32 Å². The molecule has 106 valence electrons. The van der Waals surface area contributed by atoms with Crippen LogP contribution in [0.25, 0.3) is 0 Å². The topological polar surface area (TPSA) is 58.4 Å². The summed E-state index contributed by atoms with van der Waals surface area (Å²) < 4.78 is 0. The highest BCUT2D eigenvalue weighted by atomic mass is 16.6. The number of nitrogens with one attached hydrogen (secondary N) is 1. The summed E-state index contributed by atoms with van der Waals surface area (Å²) in [6.45, 7) is 7.87. The van der Waals surface area contributed by atoms with E-state index in [4.69, 9.17) is 0 Å². The van der Waals surface area contributed by atoms with Crippen molar-refractivity contribution in [1.29, 1.82) is 0 Å². The zero-order chi connectivity index (χ0) is 14.4. The number of nitrogens with zero attached hydrogens (tertiary/aromatic N) is 2. The van der Waals surface area contributed by atoms with Gasteiger partial charge in [0.2, 0.25) is 0 Å². The third kappa shape index (κ3) is 4.87. The molecule has 19 heavy (non-hydrogen) atoms. The summed E-state index contributed by atoms with van der Waals surface area (Å²) in [5, 5.41) is 14.1. The SMILES string of the molecule is Cc1ccc(NCCCN(C)C(C)C)c([N+](=O)[O-])c1. The molecule has 0 aliphatic carbocycles. The lowest BCUT2D eigenvalue weighted by Crippen LogP contribution is -2.28. The molecule has 1 aromatic carbocycles. The summed E-state index contributed by atoms with van der Waals surface area (Å²) >= 11 is 0. The Morgan fingerprint density at radius 1 is 1.42 bits per heavy atom. The van der Waals surface area contributed by atoms with Gasteiger partial charge in [0.05, 0.1) is 4.92 Å². The van der Waals surface area contributed by atoms with Crippen LogP contribution >= 0.6 is 0 Å². The Balaban J connectivity index is 2.52. The quantitative estimate of drug-likeness (QED) is 0.467. The molecule has 0 saturated heterocycles. The van der Waals surface area contributed by atoms with Crippen molar-refractivity contribution in [1.82, 2.24) is 4.90 Å². The predicted octanol–water partition coefficient (Wildman–Crippen LogP) is 3.05. The molecule has 0 aliphatic heterocycles. The smallest absolute Gasteiger partial charge is 0.292 e. The van der Waals surface area contributed by atoms with Crippen LogP contribution in [0.15, 0.2) is 18.2 Å². The fraction of sp³-hybridized carbons (Fsp3) is 0.571. The highest BCUT2D eigenvalue weighted by Crippen LogP contribution is 2.25. The van der Waals surface area contributed by atoms with Crippen LogP contribution in [-0.2, 0) is 0 Å². The van der Waals surface area contributed by atoms with E-state index in [-0.39, 0.29) is 10.6 Å². The van der Waals surface area contributed by atoms with Gasteiger partial charge in [0.15, 0.2) is 0 Å². The van der Waals surface area contributed by atoms with E-state index in [2.05, 4.69) is 31.1 Å². The Morgan fingerprint density at radius 2 is 2.11 bits per heavy atom. The Hall–Kier alpha value is -1.62. The molecule has 0 aromatic heterocycles. The van der Waals surface area contributed by atoms with Crippen LogP contribution in [0.3, 0.4) is 0 Å². The monoisotopic (exact) mass is 265 g/mol. The lowest BCUT2D eigenvalue weighted by atomic mass is 10.2. The highest BCUT2D eigenvalue weighted by molar-refractivity contribution is 5.62. The van der Waals surface area contributed by atoms with Crippen LogP contribution in [0.2, 0.25) is 0 Å². The van der Waals surface area contributed by atoms with Crippen LogP contribution in [0.1, 0.15) is 25.8 Å². The highest BCUT2D eigenvalue weighted by Gasteiger charge is 2.13. The molecular weight excluding hydrogens is 242 g/mol.